The molecule has 0 aliphatic rings. The summed E-state index contributed by atoms with van der Waals surface area (Å²) in [6, 6.07) is 14.5. The van der Waals surface area contributed by atoms with Gasteiger partial charge in [0, 0.05) is 26.0 Å². The van der Waals surface area contributed by atoms with Crippen molar-refractivity contribution in [1.29, 1.82) is 0 Å². The molecule has 2 aromatic rings. The third-order valence-electron chi connectivity index (χ3n) is 2.72. The highest BCUT2D eigenvalue weighted by Gasteiger charge is 2.11. The monoisotopic (exact) mass is 305 g/mol. The van der Waals surface area contributed by atoms with Gasteiger partial charge in [0.05, 0.1) is 0 Å². The van der Waals surface area contributed by atoms with E-state index < -0.39 is 0 Å². The molecule has 0 amide bonds. The summed E-state index contributed by atoms with van der Waals surface area (Å²) in [4.78, 5) is 1.29. The fourth-order valence-corrected chi connectivity index (χ4v) is 2.95. The average molecular weight is 306 g/mol. The van der Waals surface area contributed by atoms with E-state index in [-0.39, 0.29) is 4.75 Å². The van der Waals surface area contributed by atoms with Crippen molar-refractivity contribution in [3.05, 3.63) is 53.1 Å². The molecule has 0 radical (unpaired) electrons. The van der Waals surface area contributed by atoms with Crippen LogP contribution >= 0.6 is 23.4 Å². The van der Waals surface area contributed by atoms with Crippen molar-refractivity contribution >= 4 is 34.7 Å². The van der Waals surface area contributed by atoms with Crippen LogP contribution in [0.3, 0.4) is 0 Å². The van der Waals surface area contributed by atoms with Gasteiger partial charge in [0.1, 0.15) is 0 Å². The molecule has 20 heavy (non-hydrogen) atoms. The van der Waals surface area contributed by atoms with Crippen molar-refractivity contribution in [2.45, 2.75) is 37.3 Å². The normalized spacial score (nSPS) is 11.4. The molecule has 0 bridgehead atoms. The van der Waals surface area contributed by atoms with Crippen LogP contribution < -0.4 is 5.32 Å². The first-order valence-electron chi connectivity index (χ1n) is 6.66. The Hall–Kier alpha value is -1.12. The Morgan fingerprint density at radius 3 is 2.10 bits per heavy atom. The summed E-state index contributed by atoms with van der Waals surface area (Å²) in [7, 11) is 0. The van der Waals surface area contributed by atoms with Crippen LogP contribution in [0.2, 0.25) is 5.02 Å². The topological polar surface area (TPSA) is 12.0 Å². The Morgan fingerprint density at radius 2 is 1.55 bits per heavy atom. The van der Waals surface area contributed by atoms with Gasteiger partial charge in [-0.1, -0.05) is 32.4 Å². The number of rotatable bonds is 3. The van der Waals surface area contributed by atoms with Crippen LogP contribution in [-0.2, 0) is 0 Å². The average Bonchev–Trinajstić information content (AvgIpc) is 2.35. The summed E-state index contributed by atoms with van der Waals surface area (Å²) < 4.78 is 0.238. The standard InChI is InChI=1S/C17H20ClNS/c1-12-11-14(7-10-16(12)18)19-13-5-8-15(9-6-13)20-17(2,3)4/h5-11,19H,1-4H3. The third kappa shape index (κ3) is 4.46. The molecule has 3 heteroatoms. The maximum Gasteiger partial charge on any atom is 0.0436 e. The zero-order valence-corrected chi connectivity index (χ0v) is 13.9. The van der Waals surface area contributed by atoms with Crippen molar-refractivity contribution in [3.63, 3.8) is 0 Å². The quantitative estimate of drug-likeness (QED) is 0.669. The predicted octanol–water partition coefficient (Wildman–Crippen LogP) is 6.28. The van der Waals surface area contributed by atoms with E-state index in [1.807, 2.05) is 30.8 Å². The SMILES string of the molecule is Cc1cc(Nc2ccc(SC(C)(C)C)cc2)ccc1Cl. The molecule has 2 aromatic carbocycles. The van der Waals surface area contributed by atoms with Gasteiger partial charge in [0.15, 0.2) is 0 Å². The summed E-state index contributed by atoms with van der Waals surface area (Å²) in [5.41, 5.74) is 3.23. The minimum Gasteiger partial charge on any atom is -0.356 e. The first-order chi connectivity index (χ1) is 9.33. The zero-order chi connectivity index (χ0) is 14.8. The maximum atomic E-state index is 6.04. The summed E-state index contributed by atoms with van der Waals surface area (Å²) in [5, 5.41) is 4.19. The van der Waals surface area contributed by atoms with E-state index in [1.54, 1.807) is 0 Å². The lowest BCUT2D eigenvalue weighted by molar-refractivity contribution is 0.803. The van der Waals surface area contributed by atoms with E-state index in [0.29, 0.717) is 0 Å². The minimum atomic E-state index is 0.238. The molecule has 0 aliphatic heterocycles. The van der Waals surface area contributed by atoms with Crippen molar-refractivity contribution in [2.24, 2.45) is 0 Å². The number of thioether (sulfide) groups is 1. The van der Waals surface area contributed by atoms with Gasteiger partial charge in [-0.05, 0) is 55.0 Å². The van der Waals surface area contributed by atoms with Gasteiger partial charge < -0.3 is 5.32 Å². The number of halogens is 1. The van der Waals surface area contributed by atoms with Gasteiger partial charge in [-0.3, -0.25) is 0 Å². The fourth-order valence-electron chi connectivity index (χ4n) is 1.85. The number of benzene rings is 2. The summed E-state index contributed by atoms with van der Waals surface area (Å²) >= 11 is 7.91. The molecule has 0 saturated heterocycles. The molecule has 0 atom stereocenters. The number of hydrogen-bond acceptors (Lipinski definition) is 2. The van der Waals surface area contributed by atoms with Gasteiger partial charge in [-0.15, -0.1) is 11.8 Å². The van der Waals surface area contributed by atoms with E-state index in [1.165, 1.54) is 4.90 Å². The maximum absolute atomic E-state index is 6.04. The molecule has 0 aromatic heterocycles. The van der Waals surface area contributed by atoms with Crippen LogP contribution in [0.4, 0.5) is 11.4 Å². The van der Waals surface area contributed by atoms with Crippen molar-refractivity contribution in [2.75, 3.05) is 5.32 Å². The first-order valence-corrected chi connectivity index (χ1v) is 7.85. The lowest BCUT2D eigenvalue weighted by Crippen LogP contribution is -2.06. The minimum absolute atomic E-state index is 0.238. The van der Waals surface area contributed by atoms with Gasteiger partial charge in [0.25, 0.3) is 0 Å². The Morgan fingerprint density at radius 1 is 0.950 bits per heavy atom. The van der Waals surface area contributed by atoms with Gasteiger partial charge >= 0.3 is 0 Å². The Kier molecular flexibility index (Phi) is 4.66. The van der Waals surface area contributed by atoms with Gasteiger partial charge in [-0.2, -0.15) is 0 Å². The van der Waals surface area contributed by atoms with E-state index >= 15 is 0 Å². The highest BCUT2D eigenvalue weighted by molar-refractivity contribution is 8.00. The largest absolute Gasteiger partial charge is 0.356 e. The summed E-state index contributed by atoms with van der Waals surface area (Å²) in [6.45, 7) is 8.68. The predicted molar refractivity (Wildman–Crippen MR) is 91.5 cm³/mol. The molecule has 0 fully saturated rings. The third-order valence-corrected chi connectivity index (χ3v) is 4.27. The van der Waals surface area contributed by atoms with Crippen molar-refractivity contribution in [3.8, 4) is 0 Å². The van der Waals surface area contributed by atoms with Crippen molar-refractivity contribution < 1.29 is 0 Å². The van der Waals surface area contributed by atoms with Crippen LogP contribution in [0.5, 0.6) is 0 Å². The van der Waals surface area contributed by atoms with E-state index in [2.05, 4.69) is 56.4 Å². The molecule has 0 aliphatic carbocycles. The summed E-state index contributed by atoms with van der Waals surface area (Å²) in [5.74, 6) is 0. The first kappa shape index (κ1) is 15.3. The second kappa shape index (κ2) is 6.11. The Labute approximate surface area is 130 Å². The molecule has 1 nitrogen and oxygen atoms in total. The molecule has 0 saturated carbocycles. The molecule has 1 N–H and O–H groups in total. The van der Waals surface area contributed by atoms with E-state index in [0.717, 1.165) is 22.0 Å². The second-order valence-corrected chi connectivity index (χ2v) is 8.14. The highest BCUT2D eigenvalue weighted by atomic mass is 35.5. The highest BCUT2D eigenvalue weighted by Crippen LogP contribution is 2.32. The fraction of sp³-hybridized carbons (Fsp3) is 0.294. The number of aryl methyl sites for hydroxylation is 1. The van der Waals surface area contributed by atoms with Crippen molar-refractivity contribution in [1.82, 2.24) is 0 Å². The lowest BCUT2D eigenvalue weighted by Gasteiger charge is -2.17. The van der Waals surface area contributed by atoms with Gasteiger partial charge in [-0.25, -0.2) is 0 Å². The van der Waals surface area contributed by atoms with E-state index in [9.17, 15) is 0 Å². The smallest absolute Gasteiger partial charge is 0.0436 e. The molecule has 0 unspecified atom stereocenters. The number of anilines is 2. The number of nitrogens with one attached hydrogen (secondary N) is 1. The Balaban J connectivity index is 2.08. The zero-order valence-electron chi connectivity index (χ0n) is 12.3. The Bertz CT molecular complexity index is 585. The summed E-state index contributed by atoms with van der Waals surface area (Å²) in [6.07, 6.45) is 0. The molecular weight excluding hydrogens is 286 g/mol. The lowest BCUT2D eigenvalue weighted by atomic mass is 10.2. The molecule has 0 spiro atoms. The van der Waals surface area contributed by atoms with Crippen LogP contribution in [-0.4, -0.2) is 4.75 Å². The second-order valence-electron chi connectivity index (χ2n) is 5.83. The van der Waals surface area contributed by atoms with Crippen LogP contribution in [0, 0.1) is 6.92 Å². The van der Waals surface area contributed by atoms with E-state index in [4.69, 9.17) is 11.6 Å². The van der Waals surface area contributed by atoms with Crippen LogP contribution in [0.15, 0.2) is 47.4 Å². The van der Waals surface area contributed by atoms with Crippen LogP contribution in [0.1, 0.15) is 26.3 Å². The molecule has 0 heterocycles. The van der Waals surface area contributed by atoms with Crippen LogP contribution in [0.25, 0.3) is 0 Å². The molecule has 106 valence electrons. The molecular formula is C17H20ClNS. The molecule has 2 rings (SSSR count). The van der Waals surface area contributed by atoms with Gasteiger partial charge in [0.2, 0.25) is 0 Å². The number of hydrogen-bond donors (Lipinski definition) is 1.